The number of likely N-dealkylation sites (N-methyl/N-ethyl adjacent to an activating group) is 1. The Bertz CT molecular complexity index is 604. The summed E-state index contributed by atoms with van der Waals surface area (Å²) < 4.78 is 0. The fraction of sp³-hybridized carbons (Fsp3) is 0.357. The van der Waals surface area contributed by atoms with Gasteiger partial charge in [0.1, 0.15) is 5.92 Å². The maximum absolute atomic E-state index is 11.9. The van der Waals surface area contributed by atoms with E-state index in [2.05, 4.69) is 5.32 Å². The van der Waals surface area contributed by atoms with Crippen molar-refractivity contribution in [2.24, 2.45) is 5.92 Å². The molecule has 1 fully saturated rings. The molecule has 0 spiro atoms. The smallest absolute Gasteiger partial charge is 0.290 e. The van der Waals surface area contributed by atoms with Crippen molar-refractivity contribution in [1.29, 1.82) is 0 Å². The van der Waals surface area contributed by atoms with Gasteiger partial charge in [0, 0.05) is 20.1 Å². The van der Waals surface area contributed by atoms with Crippen LogP contribution in [0.15, 0.2) is 18.2 Å². The van der Waals surface area contributed by atoms with Gasteiger partial charge in [-0.3, -0.25) is 14.4 Å². The van der Waals surface area contributed by atoms with E-state index in [-0.39, 0.29) is 6.54 Å². The first-order valence-corrected chi connectivity index (χ1v) is 7.16. The first-order valence-electron chi connectivity index (χ1n) is 6.41. The van der Waals surface area contributed by atoms with Crippen LogP contribution in [0.4, 0.5) is 0 Å². The first kappa shape index (κ1) is 15.8. The number of amides is 2. The van der Waals surface area contributed by atoms with Crippen LogP contribution in [0.3, 0.4) is 0 Å². The zero-order valence-electron chi connectivity index (χ0n) is 11.4. The van der Waals surface area contributed by atoms with Crippen LogP contribution in [0.2, 0.25) is 10.0 Å². The van der Waals surface area contributed by atoms with E-state index in [0.29, 0.717) is 23.0 Å². The predicted molar refractivity (Wildman–Crippen MR) is 79.3 cm³/mol. The van der Waals surface area contributed by atoms with E-state index in [4.69, 9.17) is 23.2 Å². The number of benzene rings is 1. The van der Waals surface area contributed by atoms with Gasteiger partial charge in [-0.1, -0.05) is 29.3 Å². The Morgan fingerprint density at radius 2 is 2.05 bits per heavy atom. The molecule has 1 saturated heterocycles. The Balaban J connectivity index is 1.86. The van der Waals surface area contributed by atoms with Gasteiger partial charge >= 0.3 is 0 Å². The highest BCUT2D eigenvalue weighted by Gasteiger charge is 2.41. The van der Waals surface area contributed by atoms with E-state index in [1.165, 1.54) is 11.9 Å². The fourth-order valence-electron chi connectivity index (χ4n) is 2.13. The summed E-state index contributed by atoms with van der Waals surface area (Å²) in [7, 11) is 1.50. The average Bonchev–Trinajstić information content (AvgIpc) is 2.70. The van der Waals surface area contributed by atoms with Crippen LogP contribution >= 0.6 is 23.2 Å². The van der Waals surface area contributed by atoms with Gasteiger partial charge < -0.3 is 10.2 Å². The van der Waals surface area contributed by atoms with Crippen molar-refractivity contribution in [3.05, 3.63) is 33.8 Å². The van der Waals surface area contributed by atoms with Crippen LogP contribution in [0.5, 0.6) is 0 Å². The molecule has 2 rings (SSSR count). The molecule has 0 radical (unpaired) electrons. The molecule has 0 aliphatic carbocycles. The molecule has 7 heteroatoms. The Morgan fingerprint density at radius 1 is 1.33 bits per heavy atom. The number of nitrogens with one attached hydrogen (secondary N) is 1. The number of hydrogen-bond donors (Lipinski definition) is 1. The van der Waals surface area contributed by atoms with E-state index >= 15 is 0 Å². The second-order valence-electron chi connectivity index (χ2n) is 4.89. The molecule has 1 heterocycles. The molecule has 1 N–H and O–H groups in total. The number of carbonyl (C=O) groups is 3. The highest BCUT2D eigenvalue weighted by molar-refractivity contribution is 6.42. The Morgan fingerprint density at radius 3 is 2.62 bits per heavy atom. The summed E-state index contributed by atoms with van der Waals surface area (Å²) in [6.07, 6.45) is 0.563. The zero-order chi connectivity index (χ0) is 15.6. The molecular formula is C14H14Cl2N2O3. The minimum Gasteiger partial charge on any atom is -0.355 e. The molecule has 0 saturated carbocycles. The van der Waals surface area contributed by atoms with Crippen LogP contribution in [0.1, 0.15) is 5.56 Å². The Kier molecular flexibility index (Phi) is 4.85. The van der Waals surface area contributed by atoms with Gasteiger partial charge in [-0.25, -0.2) is 0 Å². The second-order valence-corrected chi connectivity index (χ2v) is 5.71. The summed E-state index contributed by atoms with van der Waals surface area (Å²) in [5.41, 5.74) is 0.927. The molecule has 1 aromatic rings. The third kappa shape index (κ3) is 3.54. The third-order valence-corrected chi connectivity index (χ3v) is 4.08. The van der Waals surface area contributed by atoms with Crippen molar-refractivity contribution in [2.75, 3.05) is 20.1 Å². The molecule has 0 bridgehead atoms. The molecular weight excluding hydrogens is 315 g/mol. The quantitative estimate of drug-likeness (QED) is 0.669. The number of nitrogens with zero attached hydrogens (tertiary/aromatic N) is 1. The minimum atomic E-state index is -0.906. The third-order valence-electron chi connectivity index (χ3n) is 3.34. The lowest BCUT2D eigenvalue weighted by molar-refractivity contribution is -0.142. The number of ketones is 1. The average molecular weight is 329 g/mol. The number of likely N-dealkylation sites (tertiary alicyclic amines) is 1. The number of rotatable bonds is 4. The minimum absolute atomic E-state index is 0.135. The monoisotopic (exact) mass is 328 g/mol. The van der Waals surface area contributed by atoms with Crippen molar-refractivity contribution in [3.8, 4) is 0 Å². The van der Waals surface area contributed by atoms with E-state index in [9.17, 15) is 14.4 Å². The molecule has 1 atom stereocenters. The number of carbonyl (C=O) groups excluding carboxylic acids is 3. The lowest BCUT2D eigenvalue weighted by Crippen LogP contribution is -2.36. The largest absolute Gasteiger partial charge is 0.355 e. The lowest BCUT2D eigenvalue weighted by Gasteiger charge is -2.10. The summed E-state index contributed by atoms with van der Waals surface area (Å²) in [6.45, 7) is 0.495. The van der Waals surface area contributed by atoms with Gasteiger partial charge in [0.15, 0.2) is 0 Å². The highest BCUT2D eigenvalue weighted by atomic mass is 35.5. The van der Waals surface area contributed by atoms with Gasteiger partial charge in [0.2, 0.25) is 11.7 Å². The van der Waals surface area contributed by atoms with Crippen LogP contribution in [0.25, 0.3) is 0 Å². The van der Waals surface area contributed by atoms with Gasteiger partial charge in [0.25, 0.3) is 5.91 Å². The van der Waals surface area contributed by atoms with E-state index < -0.39 is 23.5 Å². The normalized spacial score (nSPS) is 18.2. The standard InChI is InChI=1S/C14H14Cl2N2O3/c1-18-7-9(12(19)14(18)21)13(20)17-5-4-8-2-3-10(15)11(16)6-8/h2-3,6,9H,4-5,7H2,1H3,(H,17,20). The SMILES string of the molecule is CN1CC(C(=O)NCCc2ccc(Cl)c(Cl)c2)C(=O)C1=O. The van der Waals surface area contributed by atoms with Gasteiger partial charge in [-0.2, -0.15) is 0 Å². The predicted octanol–water partition coefficient (Wildman–Crippen LogP) is 1.31. The van der Waals surface area contributed by atoms with Crippen LogP contribution in [-0.4, -0.2) is 42.6 Å². The Hall–Kier alpha value is -1.59. The summed E-state index contributed by atoms with van der Waals surface area (Å²) >= 11 is 11.7. The molecule has 1 aliphatic heterocycles. The zero-order valence-corrected chi connectivity index (χ0v) is 12.9. The van der Waals surface area contributed by atoms with Crippen LogP contribution < -0.4 is 5.32 Å². The molecule has 1 unspecified atom stereocenters. The van der Waals surface area contributed by atoms with E-state index in [1.807, 2.05) is 6.07 Å². The molecule has 21 heavy (non-hydrogen) atoms. The molecule has 112 valence electrons. The maximum Gasteiger partial charge on any atom is 0.290 e. The van der Waals surface area contributed by atoms with Gasteiger partial charge in [-0.15, -0.1) is 0 Å². The van der Waals surface area contributed by atoms with Gasteiger partial charge in [0.05, 0.1) is 10.0 Å². The first-order chi connectivity index (χ1) is 9.90. The van der Waals surface area contributed by atoms with Crippen molar-refractivity contribution in [1.82, 2.24) is 10.2 Å². The Labute approximate surface area is 132 Å². The molecule has 5 nitrogen and oxygen atoms in total. The summed E-state index contributed by atoms with van der Waals surface area (Å²) in [5.74, 6) is -2.58. The van der Waals surface area contributed by atoms with Crippen molar-refractivity contribution >= 4 is 40.8 Å². The lowest BCUT2D eigenvalue weighted by atomic mass is 10.1. The molecule has 1 aliphatic rings. The highest BCUT2D eigenvalue weighted by Crippen LogP contribution is 2.22. The van der Waals surface area contributed by atoms with Crippen molar-refractivity contribution < 1.29 is 14.4 Å². The fourth-order valence-corrected chi connectivity index (χ4v) is 2.45. The topological polar surface area (TPSA) is 66.5 Å². The van der Waals surface area contributed by atoms with Crippen molar-refractivity contribution in [2.45, 2.75) is 6.42 Å². The summed E-state index contributed by atoms with van der Waals surface area (Å²) in [4.78, 5) is 36.1. The number of hydrogen-bond acceptors (Lipinski definition) is 3. The second kappa shape index (κ2) is 6.45. The molecule has 0 aromatic heterocycles. The van der Waals surface area contributed by atoms with Crippen LogP contribution in [-0.2, 0) is 20.8 Å². The van der Waals surface area contributed by atoms with Crippen LogP contribution in [0, 0.1) is 5.92 Å². The molecule has 2 amide bonds. The number of halogens is 2. The van der Waals surface area contributed by atoms with E-state index in [1.54, 1.807) is 12.1 Å². The van der Waals surface area contributed by atoms with E-state index in [0.717, 1.165) is 5.56 Å². The maximum atomic E-state index is 11.9. The number of Topliss-reactive ketones (excluding diaryl/α,β-unsaturated/α-hetero) is 1. The molecule has 1 aromatic carbocycles. The van der Waals surface area contributed by atoms with Gasteiger partial charge in [-0.05, 0) is 24.1 Å². The van der Waals surface area contributed by atoms with Crippen molar-refractivity contribution in [3.63, 3.8) is 0 Å². The summed E-state index contributed by atoms with van der Waals surface area (Å²) in [5, 5.41) is 3.60. The summed E-state index contributed by atoms with van der Waals surface area (Å²) in [6, 6.07) is 5.24.